The first-order valence-corrected chi connectivity index (χ1v) is 8.39. The van der Waals surface area contributed by atoms with E-state index in [1.807, 2.05) is 0 Å². The number of aryl methyl sites for hydroxylation is 1. The molecule has 2 amide bonds. The number of nitrogens with zero attached hydrogens (tertiary/aromatic N) is 3. The lowest BCUT2D eigenvalue weighted by Crippen LogP contribution is -2.44. The highest BCUT2D eigenvalue weighted by atomic mass is 16.4. The Bertz CT molecular complexity index is 907. The van der Waals surface area contributed by atoms with Crippen LogP contribution in [-0.4, -0.2) is 49.7 Å². The molecule has 2 atom stereocenters. The van der Waals surface area contributed by atoms with Crippen LogP contribution in [-0.2, 0) is 16.6 Å². The molecule has 0 bridgehead atoms. The van der Waals surface area contributed by atoms with E-state index in [2.05, 4.69) is 10.4 Å². The lowest BCUT2D eigenvalue weighted by Gasteiger charge is -2.37. The lowest BCUT2D eigenvalue weighted by atomic mass is 9.85. The molecule has 3 N–H and O–H groups in total. The van der Waals surface area contributed by atoms with Crippen molar-refractivity contribution < 1.29 is 24.6 Å². The van der Waals surface area contributed by atoms with Crippen molar-refractivity contribution in [2.75, 3.05) is 12.4 Å². The monoisotopic (exact) mass is 372 g/mol. The number of likely N-dealkylation sites (tertiary alicyclic amines) is 1. The van der Waals surface area contributed by atoms with E-state index in [0.717, 1.165) is 5.56 Å². The van der Waals surface area contributed by atoms with E-state index in [1.165, 1.54) is 18.2 Å². The molecular weight excluding hydrogens is 352 g/mol. The maximum atomic E-state index is 12.9. The van der Waals surface area contributed by atoms with Gasteiger partial charge in [0.05, 0.1) is 18.2 Å². The van der Waals surface area contributed by atoms with Crippen LogP contribution in [0.3, 0.4) is 0 Å². The number of carbonyl (C=O) groups excluding carboxylic acids is 2. The second-order valence-corrected chi connectivity index (χ2v) is 6.57. The number of rotatable bonds is 4. The molecule has 142 valence electrons. The van der Waals surface area contributed by atoms with Crippen molar-refractivity contribution in [1.82, 2.24) is 14.7 Å². The van der Waals surface area contributed by atoms with E-state index in [-0.39, 0.29) is 35.2 Å². The SMILES string of the molecule is CN1C(=O)CCC(C(=O)Nc2ccc(O)c(C(=O)O)c2)C1c1cnn(C)c1. The van der Waals surface area contributed by atoms with Gasteiger partial charge in [0.25, 0.3) is 0 Å². The fraction of sp³-hybridized carbons (Fsp3) is 0.333. The summed E-state index contributed by atoms with van der Waals surface area (Å²) in [4.78, 5) is 37.7. The summed E-state index contributed by atoms with van der Waals surface area (Å²) < 4.78 is 1.61. The summed E-state index contributed by atoms with van der Waals surface area (Å²) >= 11 is 0. The molecule has 1 aromatic carbocycles. The Balaban J connectivity index is 1.87. The predicted octanol–water partition coefficient (Wildman–Crippen LogP) is 1.37. The molecule has 2 aromatic rings. The average Bonchev–Trinajstić information content (AvgIpc) is 3.04. The number of aromatic nitrogens is 2. The van der Waals surface area contributed by atoms with Crippen molar-refractivity contribution in [2.24, 2.45) is 13.0 Å². The number of carbonyl (C=O) groups is 3. The molecule has 9 nitrogen and oxygen atoms in total. The van der Waals surface area contributed by atoms with Crippen LogP contribution >= 0.6 is 0 Å². The number of aromatic hydroxyl groups is 1. The molecule has 27 heavy (non-hydrogen) atoms. The molecule has 0 spiro atoms. The summed E-state index contributed by atoms with van der Waals surface area (Å²) in [7, 11) is 3.41. The maximum Gasteiger partial charge on any atom is 0.339 e. The minimum Gasteiger partial charge on any atom is -0.507 e. The highest BCUT2D eigenvalue weighted by Gasteiger charge is 2.39. The zero-order valence-electron chi connectivity index (χ0n) is 14.9. The Morgan fingerprint density at radius 1 is 1.30 bits per heavy atom. The maximum absolute atomic E-state index is 12.9. The predicted molar refractivity (Wildman–Crippen MR) is 95.1 cm³/mol. The van der Waals surface area contributed by atoms with Crippen molar-refractivity contribution in [3.05, 3.63) is 41.7 Å². The molecule has 0 saturated carbocycles. The van der Waals surface area contributed by atoms with Crippen LogP contribution in [0.4, 0.5) is 5.69 Å². The molecule has 3 rings (SSSR count). The first-order chi connectivity index (χ1) is 12.8. The Morgan fingerprint density at radius 2 is 2.04 bits per heavy atom. The van der Waals surface area contributed by atoms with Crippen molar-refractivity contribution >= 4 is 23.5 Å². The van der Waals surface area contributed by atoms with E-state index in [0.29, 0.717) is 6.42 Å². The van der Waals surface area contributed by atoms with Crippen LogP contribution in [0, 0.1) is 5.92 Å². The summed E-state index contributed by atoms with van der Waals surface area (Å²) in [6, 6.07) is 3.38. The number of nitrogens with one attached hydrogen (secondary N) is 1. The van der Waals surface area contributed by atoms with Gasteiger partial charge in [-0.05, 0) is 24.6 Å². The number of aromatic carboxylic acids is 1. The standard InChI is InChI=1S/C18H20N4O5/c1-21-9-10(8-19-21)16-12(4-6-15(24)22(16)2)17(25)20-11-3-5-14(23)13(7-11)18(26)27/h3,5,7-9,12,16,23H,4,6H2,1-2H3,(H,20,25)(H,26,27). The Kier molecular flexibility index (Phi) is 4.85. The second kappa shape index (κ2) is 7.10. The van der Waals surface area contributed by atoms with Crippen LogP contribution in [0.1, 0.15) is 34.8 Å². The van der Waals surface area contributed by atoms with Gasteiger partial charge in [-0.15, -0.1) is 0 Å². The minimum absolute atomic E-state index is 0.0503. The van der Waals surface area contributed by atoms with Crippen LogP contribution in [0.15, 0.2) is 30.6 Å². The molecule has 1 saturated heterocycles. The third-order valence-corrected chi connectivity index (χ3v) is 4.76. The first-order valence-electron chi connectivity index (χ1n) is 8.39. The van der Waals surface area contributed by atoms with Gasteiger partial charge in [-0.3, -0.25) is 14.3 Å². The molecule has 1 aliphatic heterocycles. The van der Waals surface area contributed by atoms with E-state index >= 15 is 0 Å². The third-order valence-electron chi connectivity index (χ3n) is 4.76. The van der Waals surface area contributed by atoms with Gasteiger partial charge in [0, 0.05) is 38.0 Å². The zero-order valence-corrected chi connectivity index (χ0v) is 14.9. The molecule has 1 fully saturated rings. The van der Waals surface area contributed by atoms with Crippen LogP contribution < -0.4 is 5.32 Å². The van der Waals surface area contributed by atoms with Gasteiger partial charge in [-0.1, -0.05) is 0 Å². The average molecular weight is 372 g/mol. The topological polar surface area (TPSA) is 125 Å². The number of hydrogen-bond acceptors (Lipinski definition) is 5. The second-order valence-electron chi connectivity index (χ2n) is 6.57. The van der Waals surface area contributed by atoms with Gasteiger partial charge in [0.15, 0.2) is 0 Å². The molecule has 0 aliphatic carbocycles. The number of anilines is 1. The molecule has 1 aliphatic rings. The first kappa shape index (κ1) is 18.4. The molecule has 2 heterocycles. The van der Waals surface area contributed by atoms with Gasteiger partial charge >= 0.3 is 5.97 Å². The van der Waals surface area contributed by atoms with Gasteiger partial charge in [0.1, 0.15) is 11.3 Å². The number of benzene rings is 1. The van der Waals surface area contributed by atoms with E-state index in [4.69, 9.17) is 5.11 Å². The fourth-order valence-electron chi connectivity index (χ4n) is 3.38. The van der Waals surface area contributed by atoms with Gasteiger partial charge in [-0.25, -0.2) is 4.79 Å². The van der Waals surface area contributed by atoms with Crippen molar-refractivity contribution in [2.45, 2.75) is 18.9 Å². The molecule has 1 aromatic heterocycles. The van der Waals surface area contributed by atoms with Crippen molar-refractivity contribution in [3.63, 3.8) is 0 Å². The summed E-state index contributed by atoms with van der Waals surface area (Å²) in [6.07, 6.45) is 4.02. The van der Waals surface area contributed by atoms with Crippen LogP contribution in [0.2, 0.25) is 0 Å². The van der Waals surface area contributed by atoms with Crippen molar-refractivity contribution in [3.8, 4) is 5.75 Å². The largest absolute Gasteiger partial charge is 0.507 e. The Hall–Kier alpha value is -3.36. The van der Waals surface area contributed by atoms with E-state index < -0.39 is 17.9 Å². The summed E-state index contributed by atoms with van der Waals surface area (Å²) in [5.41, 5.74) is 0.720. The number of carboxylic acid groups (broad SMARTS) is 1. The molecular formula is C18H20N4O5. The molecule has 2 unspecified atom stereocenters. The van der Waals surface area contributed by atoms with Crippen molar-refractivity contribution in [1.29, 1.82) is 0 Å². The Morgan fingerprint density at radius 3 is 2.67 bits per heavy atom. The van der Waals surface area contributed by atoms with E-state index in [1.54, 1.807) is 36.1 Å². The molecule has 0 radical (unpaired) electrons. The number of phenols is 1. The quantitative estimate of drug-likeness (QED) is 0.696. The zero-order chi connectivity index (χ0) is 19.7. The number of amides is 2. The summed E-state index contributed by atoms with van der Waals surface area (Å²) in [6.45, 7) is 0. The van der Waals surface area contributed by atoms with Crippen LogP contribution in [0.25, 0.3) is 0 Å². The highest BCUT2D eigenvalue weighted by Crippen LogP contribution is 2.36. The number of piperidine rings is 1. The summed E-state index contributed by atoms with van der Waals surface area (Å²) in [5, 5.41) is 25.5. The Labute approximate surface area is 155 Å². The van der Waals surface area contributed by atoms with Gasteiger partial charge < -0.3 is 20.4 Å². The van der Waals surface area contributed by atoms with Gasteiger partial charge in [0.2, 0.25) is 11.8 Å². The van der Waals surface area contributed by atoms with Gasteiger partial charge in [-0.2, -0.15) is 5.10 Å². The highest BCUT2D eigenvalue weighted by molar-refractivity contribution is 5.97. The number of carboxylic acids is 1. The number of hydrogen-bond donors (Lipinski definition) is 3. The van der Waals surface area contributed by atoms with E-state index in [9.17, 15) is 19.5 Å². The third kappa shape index (κ3) is 3.62. The summed E-state index contributed by atoms with van der Waals surface area (Å²) in [5.74, 6) is -2.56. The smallest absolute Gasteiger partial charge is 0.339 e. The lowest BCUT2D eigenvalue weighted by molar-refractivity contribution is -0.140. The fourth-order valence-corrected chi connectivity index (χ4v) is 3.38. The normalized spacial score (nSPS) is 19.8. The molecule has 9 heteroatoms. The minimum atomic E-state index is -1.29. The van der Waals surface area contributed by atoms with Crippen LogP contribution in [0.5, 0.6) is 5.75 Å².